The van der Waals surface area contributed by atoms with Crippen molar-refractivity contribution < 1.29 is 14.6 Å². The first kappa shape index (κ1) is 14.3. The predicted octanol–water partition coefficient (Wildman–Crippen LogP) is 3.17. The molecule has 0 aliphatic heterocycles. The molecule has 0 fully saturated rings. The molecular formula is C16H19NO3. The van der Waals surface area contributed by atoms with E-state index < -0.39 is 11.4 Å². The predicted molar refractivity (Wildman–Crippen MR) is 78.3 cm³/mol. The Balaban J connectivity index is 2.68. The van der Waals surface area contributed by atoms with Crippen molar-refractivity contribution in [2.75, 3.05) is 7.11 Å². The fourth-order valence-electron chi connectivity index (χ4n) is 2.18. The Kier molecular flexibility index (Phi) is 3.66. The molecule has 0 saturated carbocycles. The molecule has 0 aliphatic carbocycles. The molecule has 1 heterocycles. The van der Waals surface area contributed by atoms with Gasteiger partial charge in [-0.05, 0) is 37.3 Å². The summed E-state index contributed by atoms with van der Waals surface area (Å²) in [5.74, 6) is -0.254. The summed E-state index contributed by atoms with van der Waals surface area (Å²) in [4.78, 5) is 15.8. The number of aromatic nitrogens is 1. The standard InChI is InChI=1S/C16H19NO3/c1-5-13-12-9-11(16(2,3)15(18)19)7-6-10(12)8-14(17-13)20-4/h6-9H,5H2,1-4H3,(H,18,19). The number of nitrogens with zero attached hydrogens (tertiary/aromatic N) is 1. The zero-order chi connectivity index (χ0) is 14.9. The Hall–Kier alpha value is -2.10. The van der Waals surface area contributed by atoms with Gasteiger partial charge in [0.1, 0.15) is 0 Å². The lowest BCUT2D eigenvalue weighted by Crippen LogP contribution is -2.28. The number of rotatable bonds is 4. The minimum Gasteiger partial charge on any atom is -0.481 e. The van der Waals surface area contributed by atoms with Crippen LogP contribution in [0.4, 0.5) is 0 Å². The molecular weight excluding hydrogens is 254 g/mol. The van der Waals surface area contributed by atoms with Crippen molar-refractivity contribution in [3.63, 3.8) is 0 Å². The van der Waals surface area contributed by atoms with E-state index in [1.165, 1.54) is 0 Å². The first-order valence-electron chi connectivity index (χ1n) is 6.61. The summed E-state index contributed by atoms with van der Waals surface area (Å²) in [6.45, 7) is 5.44. The third-order valence-electron chi connectivity index (χ3n) is 3.69. The summed E-state index contributed by atoms with van der Waals surface area (Å²) in [5.41, 5.74) is 0.778. The fourth-order valence-corrected chi connectivity index (χ4v) is 2.18. The van der Waals surface area contributed by atoms with E-state index in [1.54, 1.807) is 21.0 Å². The van der Waals surface area contributed by atoms with Gasteiger partial charge in [0.2, 0.25) is 5.88 Å². The number of carboxylic acid groups (broad SMARTS) is 1. The first-order valence-corrected chi connectivity index (χ1v) is 6.61. The highest BCUT2D eigenvalue weighted by Crippen LogP contribution is 2.30. The van der Waals surface area contributed by atoms with Gasteiger partial charge < -0.3 is 9.84 Å². The third kappa shape index (κ3) is 2.33. The Morgan fingerprint density at radius 3 is 2.60 bits per heavy atom. The van der Waals surface area contributed by atoms with Gasteiger partial charge in [-0.15, -0.1) is 0 Å². The van der Waals surface area contributed by atoms with Gasteiger partial charge in [0.25, 0.3) is 0 Å². The molecule has 1 N–H and O–H groups in total. The number of methoxy groups -OCH3 is 1. The van der Waals surface area contributed by atoms with Crippen molar-refractivity contribution >= 4 is 16.7 Å². The largest absolute Gasteiger partial charge is 0.481 e. The number of carbonyl (C=O) groups is 1. The second kappa shape index (κ2) is 5.12. The third-order valence-corrected chi connectivity index (χ3v) is 3.69. The average molecular weight is 273 g/mol. The van der Waals surface area contributed by atoms with E-state index in [0.717, 1.165) is 28.5 Å². The van der Waals surface area contributed by atoms with Crippen molar-refractivity contribution in [3.8, 4) is 5.88 Å². The molecule has 0 amide bonds. The lowest BCUT2D eigenvalue weighted by atomic mass is 9.83. The number of hydrogen-bond donors (Lipinski definition) is 1. The van der Waals surface area contributed by atoms with Crippen LogP contribution in [0.25, 0.3) is 10.8 Å². The van der Waals surface area contributed by atoms with Gasteiger partial charge in [-0.25, -0.2) is 4.98 Å². The van der Waals surface area contributed by atoms with E-state index in [1.807, 2.05) is 31.2 Å². The molecule has 2 rings (SSSR count). The fraction of sp³-hybridized carbons (Fsp3) is 0.375. The number of aliphatic carboxylic acids is 1. The normalized spacial score (nSPS) is 11.6. The highest BCUT2D eigenvalue weighted by atomic mass is 16.5. The maximum atomic E-state index is 11.4. The number of hydrogen-bond acceptors (Lipinski definition) is 3. The monoisotopic (exact) mass is 273 g/mol. The molecule has 2 aromatic rings. The van der Waals surface area contributed by atoms with Gasteiger partial charge in [-0.3, -0.25) is 4.79 Å². The number of ether oxygens (including phenoxy) is 1. The maximum absolute atomic E-state index is 11.4. The maximum Gasteiger partial charge on any atom is 0.313 e. The van der Waals surface area contributed by atoms with Gasteiger partial charge >= 0.3 is 5.97 Å². The van der Waals surface area contributed by atoms with Crippen LogP contribution in [0.15, 0.2) is 24.3 Å². The highest BCUT2D eigenvalue weighted by Gasteiger charge is 2.29. The Morgan fingerprint density at radius 1 is 1.35 bits per heavy atom. The molecule has 0 atom stereocenters. The molecule has 4 nitrogen and oxygen atoms in total. The minimum absolute atomic E-state index is 0.583. The van der Waals surface area contributed by atoms with E-state index in [2.05, 4.69) is 4.98 Å². The van der Waals surface area contributed by atoms with Crippen molar-refractivity contribution in [2.45, 2.75) is 32.6 Å². The molecule has 0 radical (unpaired) electrons. The molecule has 1 aromatic heterocycles. The average Bonchev–Trinajstić information content (AvgIpc) is 2.45. The van der Waals surface area contributed by atoms with Crippen LogP contribution in [0.2, 0.25) is 0 Å². The number of carboxylic acids is 1. The molecule has 0 spiro atoms. The van der Waals surface area contributed by atoms with E-state index in [4.69, 9.17) is 4.74 Å². The van der Waals surface area contributed by atoms with E-state index in [-0.39, 0.29) is 0 Å². The highest BCUT2D eigenvalue weighted by molar-refractivity contribution is 5.89. The van der Waals surface area contributed by atoms with Crippen molar-refractivity contribution in [2.24, 2.45) is 0 Å². The molecule has 1 aromatic carbocycles. The van der Waals surface area contributed by atoms with Crippen LogP contribution < -0.4 is 4.74 Å². The quantitative estimate of drug-likeness (QED) is 0.929. The van der Waals surface area contributed by atoms with Gasteiger partial charge in [-0.2, -0.15) is 0 Å². The summed E-state index contributed by atoms with van der Waals surface area (Å²) in [6.07, 6.45) is 0.769. The van der Waals surface area contributed by atoms with Crippen molar-refractivity contribution in [3.05, 3.63) is 35.5 Å². The van der Waals surface area contributed by atoms with Crippen molar-refractivity contribution in [1.29, 1.82) is 0 Å². The Labute approximate surface area is 118 Å². The van der Waals surface area contributed by atoms with Crippen LogP contribution in [0, 0.1) is 0 Å². The Morgan fingerprint density at radius 2 is 2.05 bits per heavy atom. The minimum atomic E-state index is -0.918. The number of benzene rings is 1. The lowest BCUT2D eigenvalue weighted by molar-refractivity contribution is -0.142. The second-order valence-corrected chi connectivity index (χ2v) is 5.33. The van der Waals surface area contributed by atoms with Gasteiger partial charge in [0, 0.05) is 11.5 Å². The first-order chi connectivity index (χ1) is 9.40. The molecule has 0 bridgehead atoms. The van der Waals surface area contributed by atoms with Crippen LogP contribution >= 0.6 is 0 Å². The summed E-state index contributed by atoms with van der Waals surface area (Å²) in [5, 5.41) is 11.3. The van der Waals surface area contributed by atoms with Crippen LogP contribution in [-0.4, -0.2) is 23.2 Å². The summed E-state index contributed by atoms with van der Waals surface area (Å²) in [6, 6.07) is 7.58. The number of aryl methyl sites for hydroxylation is 1. The van der Waals surface area contributed by atoms with Gasteiger partial charge in [0.05, 0.1) is 18.2 Å². The zero-order valence-electron chi connectivity index (χ0n) is 12.2. The molecule has 106 valence electrons. The second-order valence-electron chi connectivity index (χ2n) is 5.33. The topological polar surface area (TPSA) is 59.4 Å². The van der Waals surface area contributed by atoms with Crippen LogP contribution in [0.5, 0.6) is 5.88 Å². The summed E-state index contributed by atoms with van der Waals surface area (Å²) >= 11 is 0. The lowest BCUT2D eigenvalue weighted by Gasteiger charge is -2.20. The van der Waals surface area contributed by atoms with Gasteiger partial charge in [-0.1, -0.05) is 19.1 Å². The SMILES string of the molecule is CCc1nc(OC)cc2ccc(C(C)(C)C(=O)O)cc12. The van der Waals surface area contributed by atoms with Crippen LogP contribution in [0.3, 0.4) is 0 Å². The van der Waals surface area contributed by atoms with E-state index in [9.17, 15) is 9.90 Å². The summed E-state index contributed by atoms with van der Waals surface area (Å²) in [7, 11) is 1.59. The van der Waals surface area contributed by atoms with Crippen LogP contribution in [0.1, 0.15) is 32.0 Å². The Bertz CT molecular complexity index is 662. The number of pyridine rings is 1. The van der Waals surface area contributed by atoms with E-state index >= 15 is 0 Å². The molecule has 0 saturated heterocycles. The zero-order valence-corrected chi connectivity index (χ0v) is 12.2. The van der Waals surface area contributed by atoms with Gasteiger partial charge in [0.15, 0.2) is 0 Å². The van der Waals surface area contributed by atoms with E-state index in [0.29, 0.717) is 5.88 Å². The summed E-state index contributed by atoms with van der Waals surface area (Å²) < 4.78 is 5.20. The molecule has 0 unspecified atom stereocenters. The molecule has 4 heteroatoms. The van der Waals surface area contributed by atoms with Crippen molar-refractivity contribution in [1.82, 2.24) is 4.98 Å². The molecule has 0 aliphatic rings. The number of fused-ring (bicyclic) bond motifs is 1. The smallest absolute Gasteiger partial charge is 0.313 e. The van der Waals surface area contributed by atoms with Crippen LogP contribution in [-0.2, 0) is 16.6 Å². The molecule has 20 heavy (non-hydrogen) atoms.